The SMILES string of the molecule is Cn1c(=O)n(C)c2cc(NC(=O)C3CCN(C(=O)c4ccc(F)cc4F)CC3)ccc21. The molecule has 0 spiro atoms. The van der Waals surface area contributed by atoms with Gasteiger partial charge in [-0.05, 0) is 43.2 Å². The molecule has 0 radical (unpaired) electrons. The van der Waals surface area contributed by atoms with Crippen molar-refractivity contribution in [3.63, 3.8) is 0 Å². The predicted octanol–water partition coefficient (Wildman–Crippen LogP) is 2.65. The number of hydrogen-bond donors (Lipinski definition) is 1. The fraction of sp³-hybridized carbons (Fsp3) is 0.318. The normalized spacial score (nSPS) is 14.8. The molecule has 31 heavy (non-hydrogen) atoms. The van der Waals surface area contributed by atoms with Crippen LogP contribution in [0, 0.1) is 17.6 Å². The first-order chi connectivity index (χ1) is 14.8. The summed E-state index contributed by atoms with van der Waals surface area (Å²) in [5.74, 6) is -2.60. The van der Waals surface area contributed by atoms with Crippen molar-refractivity contribution in [2.24, 2.45) is 20.0 Å². The number of anilines is 1. The van der Waals surface area contributed by atoms with Crippen LogP contribution in [0.5, 0.6) is 0 Å². The van der Waals surface area contributed by atoms with E-state index in [0.29, 0.717) is 43.2 Å². The summed E-state index contributed by atoms with van der Waals surface area (Å²) in [6, 6.07) is 8.16. The molecule has 1 fully saturated rings. The minimum atomic E-state index is -0.893. The van der Waals surface area contributed by atoms with Gasteiger partial charge in [0.1, 0.15) is 11.6 Å². The van der Waals surface area contributed by atoms with Crippen LogP contribution >= 0.6 is 0 Å². The first kappa shape index (κ1) is 20.8. The highest BCUT2D eigenvalue weighted by Gasteiger charge is 2.29. The fourth-order valence-electron chi connectivity index (χ4n) is 4.01. The number of carbonyl (C=O) groups is 2. The largest absolute Gasteiger partial charge is 0.339 e. The molecule has 1 aliphatic heterocycles. The van der Waals surface area contributed by atoms with Crippen LogP contribution in [-0.4, -0.2) is 38.9 Å². The molecule has 2 amide bonds. The molecule has 3 aromatic rings. The molecule has 1 N–H and O–H groups in total. The second-order valence-corrected chi connectivity index (χ2v) is 7.78. The average Bonchev–Trinajstić information content (AvgIpc) is 2.97. The molecule has 9 heteroatoms. The summed E-state index contributed by atoms with van der Waals surface area (Å²) in [5, 5.41) is 2.88. The Morgan fingerprint density at radius 2 is 1.65 bits per heavy atom. The van der Waals surface area contributed by atoms with Crippen molar-refractivity contribution >= 4 is 28.5 Å². The number of nitrogens with one attached hydrogen (secondary N) is 1. The van der Waals surface area contributed by atoms with Gasteiger partial charge in [0.05, 0.1) is 16.6 Å². The Bertz CT molecular complexity index is 1240. The van der Waals surface area contributed by atoms with E-state index in [1.807, 2.05) is 0 Å². The van der Waals surface area contributed by atoms with Crippen LogP contribution in [0.3, 0.4) is 0 Å². The molecule has 1 aromatic heterocycles. The van der Waals surface area contributed by atoms with Crippen molar-refractivity contribution < 1.29 is 18.4 Å². The van der Waals surface area contributed by atoms with Gasteiger partial charge in [0.15, 0.2) is 0 Å². The Balaban J connectivity index is 1.40. The lowest BCUT2D eigenvalue weighted by Crippen LogP contribution is -2.41. The van der Waals surface area contributed by atoms with Gasteiger partial charge in [-0.15, -0.1) is 0 Å². The maximum Gasteiger partial charge on any atom is 0.328 e. The lowest BCUT2D eigenvalue weighted by Gasteiger charge is -2.31. The van der Waals surface area contributed by atoms with Gasteiger partial charge in [0, 0.05) is 44.9 Å². The van der Waals surface area contributed by atoms with Crippen LogP contribution in [0.2, 0.25) is 0 Å². The van der Waals surface area contributed by atoms with Gasteiger partial charge in [0.2, 0.25) is 5.91 Å². The number of likely N-dealkylation sites (tertiary alicyclic amines) is 1. The molecule has 0 bridgehead atoms. The fourth-order valence-corrected chi connectivity index (χ4v) is 4.01. The minimum Gasteiger partial charge on any atom is -0.339 e. The second-order valence-electron chi connectivity index (χ2n) is 7.78. The molecule has 7 nitrogen and oxygen atoms in total. The third-order valence-corrected chi connectivity index (χ3v) is 5.85. The maximum absolute atomic E-state index is 13.9. The minimum absolute atomic E-state index is 0.145. The third-order valence-electron chi connectivity index (χ3n) is 5.85. The first-order valence-electron chi connectivity index (χ1n) is 9.97. The van der Waals surface area contributed by atoms with Crippen molar-refractivity contribution in [2.45, 2.75) is 12.8 Å². The molecule has 1 aliphatic rings. The number of piperidine rings is 1. The summed E-state index contributed by atoms with van der Waals surface area (Å²) < 4.78 is 30.0. The van der Waals surface area contributed by atoms with Crippen molar-refractivity contribution in [3.8, 4) is 0 Å². The Morgan fingerprint density at radius 1 is 0.968 bits per heavy atom. The summed E-state index contributed by atoms with van der Waals surface area (Å²) >= 11 is 0. The predicted molar refractivity (Wildman–Crippen MR) is 112 cm³/mol. The number of aromatic nitrogens is 2. The van der Waals surface area contributed by atoms with Gasteiger partial charge < -0.3 is 10.2 Å². The van der Waals surface area contributed by atoms with Crippen LogP contribution in [0.25, 0.3) is 11.0 Å². The van der Waals surface area contributed by atoms with E-state index < -0.39 is 17.5 Å². The highest BCUT2D eigenvalue weighted by Crippen LogP contribution is 2.23. The Kier molecular flexibility index (Phi) is 5.34. The molecular weight excluding hydrogens is 406 g/mol. The number of aryl methyl sites for hydroxylation is 2. The molecule has 0 aliphatic carbocycles. The quantitative estimate of drug-likeness (QED) is 0.697. The number of halogens is 2. The summed E-state index contributed by atoms with van der Waals surface area (Å²) in [4.78, 5) is 38.8. The lowest BCUT2D eigenvalue weighted by molar-refractivity contribution is -0.121. The van der Waals surface area contributed by atoms with Crippen molar-refractivity contribution in [3.05, 3.63) is 64.1 Å². The second kappa shape index (κ2) is 7.98. The molecule has 0 atom stereocenters. The number of fused-ring (bicyclic) bond motifs is 1. The number of rotatable bonds is 3. The first-order valence-corrected chi connectivity index (χ1v) is 9.97. The highest BCUT2D eigenvalue weighted by molar-refractivity contribution is 5.96. The van der Waals surface area contributed by atoms with Gasteiger partial charge in [-0.1, -0.05) is 0 Å². The number of benzene rings is 2. The van der Waals surface area contributed by atoms with Gasteiger partial charge in [-0.2, -0.15) is 0 Å². The molecule has 0 unspecified atom stereocenters. The van der Waals surface area contributed by atoms with E-state index in [-0.39, 0.29) is 23.1 Å². The van der Waals surface area contributed by atoms with E-state index in [1.54, 1.807) is 32.3 Å². The van der Waals surface area contributed by atoms with Crippen LogP contribution in [0.4, 0.5) is 14.5 Å². The number of carbonyl (C=O) groups excluding carboxylic acids is 2. The van der Waals surface area contributed by atoms with E-state index in [1.165, 1.54) is 14.0 Å². The van der Waals surface area contributed by atoms with Gasteiger partial charge >= 0.3 is 5.69 Å². The summed E-state index contributed by atoms with van der Waals surface area (Å²) in [7, 11) is 3.36. The molecule has 0 saturated carbocycles. The third kappa shape index (κ3) is 3.83. The van der Waals surface area contributed by atoms with Crippen LogP contribution in [0.15, 0.2) is 41.2 Å². The Labute approximate surface area is 176 Å². The van der Waals surface area contributed by atoms with Gasteiger partial charge in [0.25, 0.3) is 5.91 Å². The van der Waals surface area contributed by atoms with Gasteiger partial charge in [-0.3, -0.25) is 18.7 Å². The van der Waals surface area contributed by atoms with E-state index in [0.717, 1.165) is 17.6 Å². The standard InChI is InChI=1S/C22H22F2N4O3/c1-26-18-6-4-15(12-19(18)27(2)22(26)31)25-20(29)13-7-9-28(10-8-13)21(30)16-5-3-14(23)11-17(16)24/h3-6,11-13H,7-10H2,1-2H3,(H,25,29). The summed E-state index contributed by atoms with van der Waals surface area (Å²) in [6.45, 7) is 0.611. The van der Waals surface area contributed by atoms with Crippen molar-refractivity contribution in [2.75, 3.05) is 18.4 Å². The topological polar surface area (TPSA) is 76.3 Å². The zero-order chi connectivity index (χ0) is 22.3. The zero-order valence-electron chi connectivity index (χ0n) is 17.2. The number of hydrogen-bond acceptors (Lipinski definition) is 3. The number of imidazole rings is 1. The Hall–Kier alpha value is -3.49. The van der Waals surface area contributed by atoms with E-state index >= 15 is 0 Å². The Morgan fingerprint density at radius 3 is 2.32 bits per heavy atom. The molecule has 2 aromatic carbocycles. The monoisotopic (exact) mass is 428 g/mol. The molecule has 162 valence electrons. The maximum atomic E-state index is 13.9. The lowest BCUT2D eigenvalue weighted by atomic mass is 9.95. The van der Waals surface area contributed by atoms with E-state index in [9.17, 15) is 23.2 Å². The molecular formula is C22H22F2N4O3. The van der Waals surface area contributed by atoms with E-state index in [4.69, 9.17) is 0 Å². The number of amides is 2. The molecule has 2 heterocycles. The molecule has 4 rings (SSSR count). The summed E-state index contributed by atoms with van der Waals surface area (Å²) in [6.07, 6.45) is 0.874. The van der Waals surface area contributed by atoms with E-state index in [2.05, 4.69) is 5.32 Å². The van der Waals surface area contributed by atoms with Crippen molar-refractivity contribution in [1.82, 2.24) is 14.0 Å². The summed E-state index contributed by atoms with van der Waals surface area (Å²) in [5.41, 5.74) is 1.75. The zero-order valence-corrected chi connectivity index (χ0v) is 17.2. The number of nitrogens with zero attached hydrogens (tertiary/aromatic N) is 3. The van der Waals surface area contributed by atoms with Crippen LogP contribution in [0.1, 0.15) is 23.2 Å². The highest BCUT2D eigenvalue weighted by atomic mass is 19.1. The van der Waals surface area contributed by atoms with Crippen LogP contribution in [-0.2, 0) is 18.9 Å². The average molecular weight is 428 g/mol. The van der Waals surface area contributed by atoms with Gasteiger partial charge in [-0.25, -0.2) is 13.6 Å². The van der Waals surface area contributed by atoms with Crippen LogP contribution < -0.4 is 11.0 Å². The smallest absolute Gasteiger partial charge is 0.328 e. The van der Waals surface area contributed by atoms with Crippen molar-refractivity contribution in [1.29, 1.82) is 0 Å². The molecule has 1 saturated heterocycles.